The number of allylic oxidation sites excluding steroid dienone is 2. The lowest BCUT2D eigenvalue weighted by molar-refractivity contribution is -0.0670. The predicted octanol–water partition coefficient (Wildman–Crippen LogP) is 3.97. The van der Waals surface area contributed by atoms with E-state index in [1.165, 1.54) is 6.07 Å². The van der Waals surface area contributed by atoms with E-state index in [1.807, 2.05) is 0 Å². The fraction of sp³-hybridized carbons (Fsp3) is 0.250. The number of hydrogen-bond donors (Lipinski definition) is 3. The molecule has 0 aliphatic carbocycles. The van der Waals surface area contributed by atoms with E-state index < -0.39 is 6.04 Å². The molecule has 0 saturated heterocycles. The van der Waals surface area contributed by atoms with Crippen molar-refractivity contribution in [2.45, 2.75) is 26.8 Å². The average Bonchev–Trinajstić information content (AvgIpc) is 3.05. The van der Waals surface area contributed by atoms with Gasteiger partial charge in [-0.3, -0.25) is 5.21 Å². The second kappa shape index (κ2) is 6.25. The second-order valence-electron chi connectivity index (χ2n) is 5.74. The molecular weight excluding hydrogens is 369 g/mol. The second-order valence-corrected chi connectivity index (χ2v) is 6.51. The Hall–Kier alpha value is -2.22. The number of aromatic hydroxyl groups is 2. The molecule has 0 spiro atoms. The lowest BCUT2D eigenvalue weighted by atomic mass is 10.0. The van der Waals surface area contributed by atoms with Crippen LogP contribution in [0.25, 0.3) is 17.0 Å². The van der Waals surface area contributed by atoms with Gasteiger partial charge >= 0.3 is 0 Å². The van der Waals surface area contributed by atoms with Gasteiger partial charge in [-0.05, 0) is 44.0 Å². The number of phenolic OH excluding ortho intramolecular Hbond substituents is 2. The molecule has 0 saturated carbocycles. The van der Waals surface area contributed by atoms with Crippen LogP contribution in [-0.4, -0.2) is 36.7 Å². The van der Waals surface area contributed by atoms with Crippen LogP contribution >= 0.6 is 23.2 Å². The Morgan fingerprint density at radius 3 is 2.52 bits per heavy atom. The Labute approximate surface area is 153 Å². The van der Waals surface area contributed by atoms with Crippen molar-refractivity contribution >= 4 is 28.8 Å². The number of rotatable bonds is 2. The average molecular weight is 384 g/mol. The van der Waals surface area contributed by atoms with Crippen molar-refractivity contribution < 1.29 is 19.9 Å². The van der Waals surface area contributed by atoms with Crippen LogP contribution in [0.2, 0.25) is 0 Å². The Morgan fingerprint density at radius 1 is 1.20 bits per heavy atom. The SMILES string of the molecule is CC1=C(Cl)C(C)N(O)C(Cl)=C1c1noc(-c2cc(C)c(O)c(O)c2)n1. The summed E-state index contributed by atoms with van der Waals surface area (Å²) >= 11 is 12.5. The van der Waals surface area contributed by atoms with E-state index in [0.29, 0.717) is 27.3 Å². The van der Waals surface area contributed by atoms with Crippen LogP contribution in [0.5, 0.6) is 11.5 Å². The standard InChI is InChI=1S/C16H15Cl2N3O4/c1-6-4-9(5-10(22)13(6)23)16-19-15(20-25-16)11-7(2)12(17)8(3)21(24)14(11)18/h4-5,8,22-24H,1-3H3. The van der Waals surface area contributed by atoms with Crippen molar-refractivity contribution in [3.05, 3.63) is 39.3 Å². The summed E-state index contributed by atoms with van der Waals surface area (Å²) in [4.78, 5) is 4.27. The summed E-state index contributed by atoms with van der Waals surface area (Å²) in [6.07, 6.45) is 0. The fourth-order valence-electron chi connectivity index (χ4n) is 2.57. The summed E-state index contributed by atoms with van der Waals surface area (Å²) < 4.78 is 5.24. The van der Waals surface area contributed by atoms with Gasteiger partial charge in [0, 0.05) is 10.6 Å². The minimum absolute atomic E-state index is 0.0338. The van der Waals surface area contributed by atoms with Crippen LogP contribution in [0.15, 0.2) is 32.4 Å². The first-order valence-electron chi connectivity index (χ1n) is 7.34. The van der Waals surface area contributed by atoms with Gasteiger partial charge in [-0.2, -0.15) is 4.98 Å². The molecule has 2 aromatic rings. The van der Waals surface area contributed by atoms with Gasteiger partial charge in [0.1, 0.15) is 5.16 Å². The van der Waals surface area contributed by atoms with Crippen LogP contribution < -0.4 is 0 Å². The maximum absolute atomic E-state index is 10.1. The van der Waals surface area contributed by atoms with Gasteiger partial charge in [-0.25, -0.2) is 5.06 Å². The van der Waals surface area contributed by atoms with Crippen molar-refractivity contribution in [1.29, 1.82) is 0 Å². The number of hydrogen-bond acceptors (Lipinski definition) is 7. The lowest BCUT2D eigenvalue weighted by Gasteiger charge is -2.30. The Kier molecular flexibility index (Phi) is 4.40. The highest BCUT2D eigenvalue weighted by Crippen LogP contribution is 2.40. The molecule has 1 unspecified atom stereocenters. The van der Waals surface area contributed by atoms with Crippen molar-refractivity contribution in [3.63, 3.8) is 0 Å². The maximum Gasteiger partial charge on any atom is 0.258 e. The molecule has 3 N–H and O–H groups in total. The van der Waals surface area contributed by atoms with Crippen LogP contribution in [0.3, 0.4) is 0 Å². The molecule has 3 rings (SSSR count). The summed E-state index contributed by atoms with van der Waals surface area (Å²) in [6.45, 7) is 5.08. The van der Waals surface area contributed by atoms with Crippen LogP contribution in [0, 0.1) is 6.92 Å². The molecule has 9 heteroatoms. The zero-order chi connectivity index (χ0) is 18.5. The zero-order valence-electron chi connectivity index (χ0n) is 13.6. The number of nitrogens with zero attached hydrogens (tertiary/aromatic N) is 3. The van der Waals surface area contributed by atoms with E-state index >= 15 is 0 Å². The van der Waals surface area contributed by atoms with Gasteiger partial charge in [0.05, 0.1) is 11.6 Å². The molecular formula is C16H15Cl2N3O4. The van der Waals surface area contributed by atoms with E-state index in [-0.39, 0.29) is 28.4 Å². The maximum atomic E-state index is 10.1. The quantitative estimate of drug-likeness (QED) is 0.532. The van der Waals surface area contributed by atoms with Crippen LogP contribution in [-0.2, 0) is 0 Å². The third kappa shape index (κ3) is 2.84. The van der Waals surface area contributed by atoms with Gasteiger partial charge in [-0.1, -0.05) is 28.4 Å². The molecule has 0 radical (unpaired) electrons. The number of aromatic nitrogens is 2. The minimum atomic E-state index is -0.485. The summed E-state index contributed by atoms with van der Waals surface area (Å²) in [7, 11) is 0. The Bertz CT molecular complexity index is 897. The molecule has 0 fully saturated rings. The highest BCUT2D eigenvalue weighted by molar-refractivity contribution is 6.36. The Balaban J connectivity index is 2.08. The zero-order valence-corrected chi connectivity index (χ0v) is 15.1. The van der Waals surface area contributed by atoms with Crippen molar-refractivity contribution in [1.82, 2.24) is 15.2 Å². The molecule has 1 aliphatic rings. The first kappa shape index (κ1) is 17.6. The number of benzene rings is 1. The first-order chi connectivity index (χ1) is 11.7. The number of aryl methyl sites for hydroxylation is 1. The van der Waals surface area contributed by atoms with Crippen LogP contribution in [0.1, 0.15) is 25.2 Å². The third-order valence-corrected chi connectivity index (χ3v) is 5.01. The highest BCUT2D eigenvalue weighted by Gasteiger charge is 2.31. The number of hydroxylamine groups is 2. The highest BCUT2D eigenvalue weighted by atomic mass is 35.5. The Morgan fingerprint density at radius 2 is 1.88 bits per heavy atom. The molecule has 1 aliphatic heterocycles. The number of halogens is 2. The molecule has 1 aromatic heterocycles. The van der Waals surface area contributed by atoms with E-state index in [1.54, 1.807) is 26.8 Å². The molecule has 1 atom stereocenters. The van der Waals surface area contributed by atoms with Gasteiger partial charge in [0.25, 0.3) is 5.89 Å². The van der Waals surface area contributed by atoms with E-state index in [0.717, 1.165) is 5.06 Å². The molecule has 132 valence electrons. The monoisotopic (exact) mass is 383 g/mol. The van der Waals surface area contributed by atoms with Gasteiger partial charge < -0.3 is 14.7 Å². The van der Waals surface area contributed by atoms with Crippen molar-refractivity contribution in [2.24, 2.45) is 0 Å². The smallest absolute Gasteiger partial charge is 0.258 e. The van der Waals surface area contributed by atoms with Crippen LogP contribution in [0.4, 0.5) is 0 Å². The van der Waals surface area contributed by atoms with Gasteiger partial charge in [0.2, 0.25) is 5.82 Å². The largest absolute Gasteiger partial charge is 0.504 e. The molecule has 0 bridgehead atoms. The molecule has 0 amide bonds. The first-order valence-corrected chi connectivity index (χ1v) is 8.09. The fourth-order valence-corrected chi connectivity index (χ4v) is 3.13. The van der Waals surface area contributed by atoms with E-state index in [2.05, 4.69) is 10.1 Å². The lowest BCUT2D eigenvalue weighted by Crippen LogP contribution is -2.32. The summed E-state index contributed by atoms with van der Waals surface area (Å²) in [5, 5.41) is 34.6. The molecule has 1 aromatic carbocycles. The molecule has 7 nitrogen and oxygen atoms in total. The minimum Gasteiger partial charge on any atom is -0.504 e. The molecule has 2 heterocycles. The van der Waals surface area contributed by atoms with Crippen molar-refractivity contribution in [3.8, 4) is 23.0 Å². The topological polar surface area (TPSA) is 103 Å². The van der Waals surface area contributed by atoms with E-state index in [4.69, 9.17) is 27.7 Å². The normalized spacial score (nSPS) is 18.3. The van der Waals surface area contributed by atoms with Gasteiger partial charge in [0.15, 0.2) is 11.5 Å². The third-order valence-electron chi connectivity index (χ3n) is 4.05. The summed E-state index contributed by atoms with van der Waals surface area (Å²) in [5.41, 5.74) is 1.86. The van der Waals surface area contributed by atoms with Crippen molar-refractivity contribution in [2.75, 3.05) is 0 Å². The summed E-state index contributed by atoms with van der Waals surface area (Å²) in [6, 6.07) is 2.42. The predicted molar refractivity (Wildman–Crippen MR) is 92.2 cm³/mol. The number of phenols is 2. The summed E-state index contributed by atoms with van der Waals surface area (Å²) in [5.74, 6) is -0.236. The van der Waals surface area contributed by atoms with Gasteiger partial charge in [-0.15, -0.1) is 0 Å². The van der Waals surface area contributed by atoms with E-state index in [9.17, 15) is 15.4 Å². The molecule has 25 heavy (non-hydrogen) atoms.